The smallest absolute Gasteiger partial charge is 0.344 e. The zero-order chi connectivity index (χ0) is 21.6. The zero-order valence-electron chi connectivity index (χ0n) is 16.8. The van der Waals surface area contributed by atoms with Crippen LogP contribution < -0.4 is 10.1 Å². The van der Waals surface area contributed by atoms with Crippen molar-refractivity contribution in [3.8, 4) is 5.75 Å². The van der Waals surface area contributed by atoms with Crippen molar-refractivity contribution in [3.05, 3.63) is 53.6 Å². The Kier molecular flexibility index (Phi) is 7.35. The number of carbonyl (C=O) groups excluding carboxylic acids is 2. The molecule has 0 spiro atoms. The van der Waals surface area contributed by atoms with E-state index in [4.69, 9.17) is 9.47 Å². The number of anilines is 1. The van der Waals surface area contributed by atoms with Crippen LogP contribution in [0.1, 0.15) is 11.1 Å². The molecular weight excluding hydrogens is 396 g/mol. The minimum atomic E-state index is -3.54. The van der Waals surface area contributed by atoms with Crippen molar-refractivity contribution in [1.82, 2.24) is 4.31 Å². The summed E-state index contributed by atoms with van der Waals surface area (Å²) >= 11 is 0. The van der Waals surface area contributed by atoms with E-state index < -0.39 is 28.5 Å². The van der Waals surface area contributed by atoms with Crippen LogP contribution in [0.15, 0.2) is 47.4 Å². The molecule has 1 amide bonds. The van der Waals surface area contributed by atoms with Gasteiger partial charge in [0.15, 0.2) is 13.2 Å². The van der Waals surface area contributed by atoms with Gasteiger partial charge in [-0.05, 0) is 55.3 Å². The standard InChI is InChI=1S/C20H24N2O6S/c1-14-6-5-7-18(15(14)2)27-13-20(24)28-12-19(23)21-16-8-10-17(11-9-16)29(25,26)22(3)4/h5-11H,12-13H2,1-4H3,(H,21,23). The predicted molar refractivity (Wildman–Crippen MR) is 108 cm³/mol. The van der Waals surface area contributed by atoms with Crippen molar-refractivity contribution in [2.24, 2.45) is 0 Å². The normalized spacial score (nSPS) is 11.2. The molecule has 2 aromatic carbocycles. The monoisotopic (exact) mass is 420 g/mol. The molecule has 0 aliphatic heterocycles. The molecule has 0 aliphatic rings. The average molecular weight is 420 g/mol. The lowest BCUT2D eigenvalue weighted by Crippen LogP contribution is -2.24. The molecule has 156 valence electrons. The molecule has 2 rings (SSSR count). The molecule has 0 heterocycles. The highest BCUT2D eigenvalue weighted by atomic mass is 32.2. The first kappa shape index (κ1) is 22.4. The molecule has 0 aliphatic carbocycles. The molecule has 0 saturated carbocycles. The molecule has 0 saturated heterocycles. The van der Waals surface area contributed by atoms with Gasteiger partial charge >= 0.3 is 5.97 Å². The largest absolute Gasteiger partial charge is 0.482 e. The fourth-order valence-electron chi connectivity index (χ4n) is 2.32. The van der Waals surface area contributed by atoms with Gasteiger partial charge in [0.2, 0.25) is 10.0 Å². The number of nitrogens with one attached hydrogen (secondary N) is 1. The molecule has 0 bridgehead atoms. The fraction of sp³-hybridized carbons (Fsp3) is 0.300. The molecular formula is C20H24N2O6S. The molecule has 0 unspecified atom stereocenters. The summed E-state index contributed by atoms with van der Waals surface area (Å²) in [6.45, 7) is 3.03. The molecule has 2 aromatic rings. The molecule has 0 fully saturated rings. The highest BCUT2D eigenvalue weighted by Crippen LogP contribution is 2.20. The first-order valence-corrected chi connectivity index (χ1v) is 10.2. The zero-order valence-corrected chi connectivity index (χ0v) is 17.6. The number of aryl methyl sites for hydroxylation is 1. The number of benzene rings is 2. The van der Waals surface area contributed by atoms with E-state index in [-0.39, 0.29) is 11.5 Å². The van der Waals surface area contributed by atoms with Gasteiger partial charge in [-0.15, -0.1) is 0 Å². The van der Waals surface area contributed by atoms with Gasteiger partial charge < -0.3 is 14.8 Å². The summed E-state index contributed by atoms with van der Waals surface area (Å²) in [5.41, 5.74) is 2.35. The molecule has 0 atom stereocenters. The van der Waals surface area contributed by atoms with Crippen molar-refractivity contribution < 1.29 is 27.5 Å². The number of amides is 1. The summed E-state index contributed by atoms with van der Waals surface area (Å²) in [5.74, 6) is -0.638. The summed E-state index contributed by atoms with van der Waals surface area (Å²) in [4.78, 5) is 23.8. The third-order valence-electron chi connectivity index (χ3n) is 4.18. The van der Waals surface area contributed by atoms with Gasteiger partial charge in [0.05, 0.1) is 4.90 Å². The van der Waals surface area contributed by atoms with Crippen LogP contribution in [-0.2, 0) is 24.3 Å². The summed E-state index contributed by atoms with van der Waals surface area (Å²) in [5, 5.41) is 2.53. The van der Waals surface area contributed by atoms with Crippen LogP contribution in [0.4, 0.5) is 5.69 Å². The van der Waals surface area contributed by atoms with Crippen LogP contribution in [0.25, 0.3) is 0 Å². The maximum absolute atomic E-state index is 12.0. The quantitative estimate of drug-likeness (QED) is 0.657. The Morgan fingerprint density at radius 1 is 1.00 bits per heavy atom. The molecule has 0 radical (unpaired) electrons. The van der Waals surface area contributed by atoms with Gasteiger partial charge in [0.25, 0.3) is 5.91 Å². The summed E-state index contributed by atoms with van der Waals surface area (Å²) in [7, 11) is -0.674. The van der Waals surface area contributed by atoms with E-state index in [2.05, 4.69) is 5.32 Å². The minimum absolute atomic E-state index is 0.107. The fourth-order valence-corrected chi connectivity index (χ4v) is 3.22. The van der Waals surface area contributed by atoms with Crippen LogP contribution >= 0.6 is 0 Å². The summed E-state index contributed by atoms with van der Waals surface area (Å²) < 4.78 is 35.5. The lowest BCUT2D eigenvalue weighted by Gasteiger charge is -2.12. The number of hydrogen-bond acceptors (Lipinski definition) is 6. The average Bonchev–Trinajstić information content (AvgIpc) is 2.68. The number of carbonyl (C=O) groups is 2. The molecule has 0 aromatic heterocycles. The first-order chi connectivity index (χ1) is 13.6. The summed E-state index contributed by atoms with van der Waals surface area (Å²) in [6, 6.07) is 11.2. The molecule has 8 nitrogen and oxygen atoms in total. The third kappa shape index (κ3) is 6.03. The number of esters is 1. The van der Waals surface area contributed by atoms with Gasteiger partial charge in [0, 0.05) is 19.8 Å². The Morgan fingerprint density at radius 2 is 1.66 bits per heavy atom. The summed E-state index contributed by atoms with van der Waals surface area (Å²) in [6.07, 6.45) is 0. The maximum atomic E-state index is 12.0. The van der Waals surface area contributed by atoms with Crippen molar-refractivity contribution in [1.29, 1.82) is 0 Å². The van der Waals surface area contributed by atoms with E-state index in [0.717, 1.165) is 15.4 Å². The number of ether oxygens (including phenoxy) is 2. The van der Waals surface area contributed by atoms with Gasteiger partial charge in [-0.1, -0.05) is 12.1 Å². The highest BCUT2D eigenvalue weighted by Gasteiger charge is 2.17. The van der Waals surface area contributed by atoms with E-state index in [0.29, 0.717) is 11.4 Å². The first-order valence-electron chi connectivity index (χ1n) is 8.78. The molecule has 9 heteroatoms. The van der Waals surface area contributed by atoms with Crippen molar-refractivity contribution in [2.75, 3.05) is 32.6 Å². The second-order valence-electron chi connectivity index (χ2n) is 6.51. The van der Waals surface area contributed by atoms with Crippen LogP contribution in [0.2, 0.25) is 0 Å². The van der Waals surface area contributed by atoms with Crippen molar-refractivity contribution >= 4 is 27.6 Å². The molecule has 29 heavy (non-hydrogen) atoms. The van der Waals surface area contributed by atoms with Gasteiger partial charge in [-0.2, -0.15) is 0 Å². The molecule has 1 N–H and O–H groups in total. The lowest BCUT2D eigenvalue weighted by atomic mass is 10.1. The van der Waals surface area contributed by atoms with Gasteiger partial charge in [-0.25, -0.2) is 17.5 Å². The third-order valence-corrected chi connectivity index (χ3v) is 6.01. The van der Waals surface area contributed by atoms with Crippen molar-refractivity contribution in [3.63, 3.8) is 0 Å². The Balaban J connectivity index is 1.82. The van der Waals surface area contributed by atoms with E-state index >= 15 is 0 Å². The van der Waals surface area contributed by atoms with E-state index in [1.165, 1.54) is 38.4 Å². The predicted octanol–water partition coefficient (Wildman–Crippen LogP) is 2.11. The Labute approximate surface area is 170 Å². The van der Waals surface area contributed by atoms with E-state index in [9.17, 15) is 18.0 Å². The lowest BCUT2D eigenvalue weighted by molar-refractivity contribution is -0.149. The number of rotatable bonds is 8. The van der Waals surface area contributed by atoms with Crippen LogP contribution in [0.5, 0.6) is 5.75 Å². The minimum Gasteiger partial charge on any atom is -0.482 e. The van der Waals surface area contributed by atoms with E-state index in [1.54, 1.807) is 6.07 Å². The second-order valence-corrected chi connectivity index (χ2v) is 8.66. The topological polar surface area (TPSA) is 102 Å². The number of nitrogens with zero attached hydrogens (tertiary/aromatic N) is 1. The number of hydrogen-bond donors (Lipinski definition) is 1. The maximum Gasteiger partial charge on any atom is 0.344 e. The van der Waals surface area contributed by atoms with Crippen molar-refractivity contribution in [2.45, 2.75) is 18.7 Å². The van der Waals surface area contributed by atoms with Gasteiger partial charge in [-0.3, -0.25) is 4.79 Å². The van der Waals surface area contributed by atoms with Gasteiger partial charge in [0.1, 0.15) is 5.75 Å². The Bertz CT molecular complexity index is 985. The Morgan fingerprint density at radius 3 is 2.28 bits per heavy atom. The SMILES string of the molecule is Cc1cccc(OCC(=O)OCC(=O)Nc2ccc(S(=O)(=O)N(C)C)cc2)c1C. The number of sulfonamides is 1. The van der Waals surface area contributed by atoms with Crippen LogP contribution in [0, 0.1) is 13.8 Å². The van der Waals surface area contributed by atoms with E-state index in [1.807, 2.05) is 26.0 Å². The second kappa shape index (κ2) is 9.53. The van der Waals surface area contributed by atoms with Crippen LogP contribution in [0.3, 0.4) is 0 Å². The van der Waals surface area contributed by atoms with Crippen LogP contribution in [-0.4, -0.2) is 51.9 Å². The Hall–Kier alpha value is -2.91. The highest BCUT2D eigenvalue weighted by molar-refractivity contribution is 7.89.